The average molecular weight is 330 g/mol. The lowest BCUT2D eigenvalue weighted by Gasteiger charge is -2.04. The highest BCUT2D eigenvalue weighted by Gasteiger charge is 2.09. The lowest BCUT2D eigenvalue weighted by atomic mass is 10.3. The van der Waals surface area contributed by atoms with Crippen LogP contribution in [0.3, 0.4) is 0 Å². The number of hydrogen-bond donors (Lipinski definition) is 2. The fourth-order valence-electron chi connectivity index (χ4n) is 1.16. The van der Waals surface area contributed by atoms with E-state index < -0.39 is 5.91 Å². The fourth-order valence-corrected chi connectivity index (χ4v) is 1.61. The molecule has 6 nitrogen and oxygen atoms in total. The van der Waals surface area contributed by atoms with E-state index in [1.165, 1.54) is 18.3 Å². The van der Waals surface area contributed by atoms with Gasteiger partial charge < -0.3 is 5.32 Å². The number of pyridine rings is 1. The van der Waals surface area contributed by atoms with Crippen LogP contribution in [-0.4, -0.2) is 21.1 Å². The standard InChI is InChI=1S/C10H6BrClN4O2/c11-6-3-5(4-13-9(6)12)14-10(18)7-1-2-8(17)16-15-7/h1-4H,(H,14,18)(H,16,17). The quantitative estimate of drug-likeness (QED) is 0.823. The molecule has 2 aromatic rings. The Hall–Kier alpha value is -1.73. The van der Waals surface area contributed by atoms with E-state index in [1.807, 2.05) is 0 Å². The van der Waals surface area contributed by atoms with E-state index in [0.29, 0.717) is 15.3 Å². The predicted molar refractivity (Wildman–Crippen MR) is 69.8 cm³/mol. The normalized spacial score (nSPS) is 10.1. The summed E-state index contributed by atoms with van der Waals surface area (Å²) in [6.07, 6.45) is 1.41. The number of nitrogens with one attached hydrogen (secondary N) is 2. The zero-order chi connectivity index (χ0) is 13.1. The van der Waals surface area contributed by atoms with Crippen LogP contribution in [-0.2, 0) is 0 Å². The van der Waals surface area contributed by atoms with Gasteiger partial charge in [-0.3, -0.25) is 9.59 Å². The van der Waals surface area contributed by atoms with Gasteiger partial charge in [-0.2, -0.15) is 5.10 Å². The summed E-state index contributed by atoms with van der Waals surface area (Å²) in [7, 11) is 0. The average Bonchev–Trinajstić information content (AvgIpc) is 2.34. The van der Waals surface area contributed by atoms with Gasteiger partial charge in [-0.15, -0.1) is 0 Å². The largest absolute Gasteiger partial charge is 0.319 e. The van der Waals surface area contributed by atoms with Crippen molar-refractivity contribution in [2.24, 2.45) is 0 Å². The molecule has 0 aliphatic heterocycles. The van der Waals surface area contributed by atoms with E-state index in [9.17, 15) is 9.59 Å². The maximum absolute atomic E-state index is 11.7. The molecule has 2 N–H and O–H groups in total. The number of amides is 1. The molecule has 2 aromatic heterocycles. The van der Waals surface area contributed by atoms with E-state index in [0.717, 1.165) is 0 Å². The van der Waals surface area contributed by atoms with Gasteiger partial charge in [0.1, 0.15) is 10.8 Å². The Bertz CT molecular complexity index is 638. The number of H-pyrrole nitrogens is 1. The summed E-state index contributed by atoms with van der Waals surface area (Å²) in [6, 6.07) is 4.16. The van der Waals surface area contributed by atoms with Crippen LogP contribution in [0.25, 0.3) is 0 Å². The van der Waals surface area contributed by atoms with Crippen molar-refractivity contribution in [3.05, 3.63) is 50.1 Å². The summed E-state index contributed by atoms with van der Waals surface area (Å²) >= 11 is 8.92. The third-order valence-electron chi connectivity index (χ3n) is 1.97. The van der Waals surface area contributed by atoms with Crippen LogP contribution in [0.1, 0.15) is 10.5 Å². The SMILES string of the molecule is O=C(Nc1cnc(Cl)c(Br)c1)c1ccc(=O)[nH]n1. The molecule has 0 atom stereocenters. The Morgan fingerprint density at radius 1 is 1.44 bits per heavy atom. The molecule has 0 aliphatic rings. The molecular weight excluding hydrogens is 323 g/mol. The van der Waals surface area contributed by atoms with Gasteiger partial charge in [0.05, 0.1) is 16.4 Å². The Balaban J connectivity index is 2.18. The van der Waals surface area contributed by atoms with Crippen LogP contribution < -0.4 is 10.9 Å². The van der Waals surface area contributed by atoms with Gasteiger partial charge in [0.25, 0.3) is 11.5 Å². The number of aromatic amines is 1. The summed E-state index contributed by atoms with van der Waals surface area (Å²) in [5.41, 5.74) is 0.187. The molecule has 0 fully saturated rings. The van der Waals surface area contributed by atoms with Crippen molar-refractivity contribution in [2.75, 3.05) is 5.32 Å². The summed E-state index contributed by atoms with van der Waals surface area (Å²) in [5, 5.41) is 8.65. The van der Waals surface area contributed by atoms with Crippen LogP contribution in [0.5, 0.6) is 0 Å². The number of anilines is 1. The molecule has 0 spiro atoms. The molecule has 2 rings (SSSR count). The lowest BCUT2D eigenvalue weighted by molar-refractivity contribution is 0.102. The molecule has 18 heavy (non-hydrogen) atoms. The minimum absolute atomic E-state index is 0.0978. The van der Waals surface area contributed by atoms with E-state index in [2.05, 4.69) is 36.4 Å². The molecule has 0 aromatic carbocycles. The van der Waals surface area contributed by atoms with Gasteiger partial charge in [0.2, 0.25) is 0 Å². The van der Waals surface area contributed by atoms with Crippen LogP contribution in [0, 0.1) is 0 Å². The molecule has 0 bridgehead atoms. The fraction of sp³-hybridized carbons (Fsp3) is 0. The minimum Gasteiger partial charge on any atom is -0.319 e. The van der Waals surface area contributed by atoms with Crippen molar-refractivity contribution in [1.82, 2.24) is 15.2 Å². The maximum atomic E-state index is 11.7. The molecule has 0 aliphatic carbocycles. The Kier molecular flexibility index (Phi) is 3.73. The first kappa shape index (κ1) is 12.7. The van der Waals surface area contributed by atoms with Crippen LogP contribution >= 0.6 is 27.5 Å². The first-order chi connectivity index (χ1) is 8.56. The smallest absolute Gasteiger partial charge is 0.276 e. The Morgan fingerprint density at radius 3 is 2.83 bits per heavy atom. The number of carbonyl (C=O) groups excluding carboxylic acids is 1. The van der Waals surface area contributed by atoms with Crippen LogP contribution in [0.4, 0.5) is 5.69 Å². The predicted octanol–water partition coefficient (Wildman–Crippen LogP) is 1.83. The van der Waals surface area contributed by atoms with Crippen LogP contribution in [0.2, 0.25) is 5.15 Å². The molecule has 0 saturated carbocycles. The summed E-state index contributed by atoms with van der Waals surface area (Å²) in [6.45, 7) is 0. The minimum atomic E-state index is -0.456. The zero-order valence-corrected chi connectivity index (χ0v) is 11.1. The topological polar surface area (TPSA) is 87.7 Å². The van der Waals surface area contributed by atoms with Crippen molar-refractivity contribution >= 4 is 39.1 Å². The Morgan fingerprint density at radius 2 is 2.22 bits per heavy atom. The molecule has 2 heterocycles. The van der Waals surface area contributed by atoms with Gasteiger partial charge in [-0.25, -0.2) is 10.1 Å². The van der Waals surface area contributed by atoms with E-state index >= 15 is 0 Å². The highest BCUT2D eigenvalue weighted by molar-refractivity contribution is 9.10. The van der Waals surface area contributed by atoms with Gasteiger partial charge in [0.15, 0.2) is 0 Å². The Labute approximate surface area is 115 Å². The second kappa shape index (κ2) is 5.28. The van der Waals surface area contributed by atoms with Gasteiger partial charge in [-0.1, -0.05) is 11.6 Å². The molecule has 0 unspecified atom stereocenters. The molecule has 92 valence electrons. The summed E-state index contributed by atoms with van der Waals surface area (Å²) in [5.74, 6) is -0.456. The first-order valence-corrected chi connectivity index (χ1v) is 5.91. The highest BCUT2D eigenvalue weighted by Crippen LogP contribution is 2.22. The van der Waals surface area contributed by atoms with Gasteiger partial charge >= 0.3 is 0 Å². The number of rotatable bonds is 2. The van der Waals surface area contributed by atoms with E-state index in [-0.39, 0.29) is 11.3 Å². The first-order valence-electron chi connectivity index (χ1n) is 4.74. The number of carbonyl (C=O) groups is 1. The van der Waals surface area contributed by atoms with Gasteiger partial charge in [-0.05, 0) is 28.1 Å². The number of nitrogens with zero attached hydrogens (tertiary/aromatic N) is 2. The van der Waals surface area contributed by atoms with Gasteiger partial charge in [0, 0.05) is 6.07 Å². The number of halogens is 2. The molecule has 8 heteroatoms. The molecule has 0 radical (unpaired) electrons. The molecule has 0 saturated heterocycles. The summed E-state index contributed by atoms with van der Waals surface area (Å²) in [4.78, 5) is 26.4. The van der Waals surface area contributed by atoms with Crippen molar-refractivity contribution in [1.29, 1.82) is 0 Å². The molecule has 1 amide bonds. The number of hydrogen-bond acceptors (Lipinski definition) is 4. The third kappa shape index (κ3) is 2.93. The second-order valence-electron chi connectivity index (χ2n) is 3.26. The van der Waals surface area contributed by atoms with E-state index in [1.54, 1.807) is 6.07 Å². The maximum Gasteiger partial charge on any atom is 0.276 e. The highest BCUT2D eigenvalue weighted by atomic mass is 79.9. The third-order valence-corrected chi connectivity index (χ3v) is 3.10. The van der Waals surface area contributed by atoms with Crippen molar-refractivity contribution in [3.63, 3.8) is 0 Å². The second-order valence-corrected chi connectivity index (χ2v) is 4.47. The van der Waals surface area contributed by atoms with Crippen LogP contribution in [0.15, 0.2) is 33.7 Å². The monoisotopic (exact) mass is 328 g/mol. The summed E-state index contributed by atoms with van der Waals surface area (Å²) < 4.78 is 0.566. The molecular formula is C10H6BrClN4O2. The van der Waals surface area contributed by atoms with E-state index in [4.69, 9.17) is 11.6 Å². The van der Waals surface area contributed by atoms with Crippen molar-refractivity contribution in [2.45, 2.75) is 0 Å². The zero-order valence-electron chi connectivity index (χ0n) is 8.78. The number of aromatic nitrogens is 3. The van der Waals surface area contributed by atoms with Crippen molar-refractivity contribution in [3.8, 4) is 0 Å². The lowest BCUT2D eigenvalue weighted by Crippen LogP contribution is -2.17. The van der Waals surface area contributed by atoms with Crippen molar-refractivity contribution < 1.29 is 4.79 Å².